The zero-order chi connectivity index (χ0) is 7.56. The van der Waals surface area contributed by atoms with Gasteiger partial charge < -0.3 is 5.11 Å². The number of rotatable bonds is 2. The summed E-state index contributed by atoms with van der Waals surface area (Å²) in [4.78, 5) is 1.22. The molecular weight excluding hydrogens is 212 g/mol. The quantitative estimate of drug-likeness (QED) is 0.813. The van der Waals surface area contributed by atoms with Crippen LogP contribution in [0.25, 0.3) is 0 Å². The molecule has 0 aliphatic carbocycles. The first-order valence-corrected chi connectivity index (χ1v) is 4.76. The minimum absolute atomic E-state index is 0.231. The molecule has 0 aromatic carbocycles. The van der Waals surface area contributed by atoms with Gasteiger partial charge >= 0.3 is 0 Å². The van der Waals surface area contributed by atoms with Gasteiger partial charge in [0.25, 0.3) is 0 Å². The molecule has 1 heterocycles. The van der Waals surface area contributed by atoms with Crippen LogP contribution in [0, 0.1) is 0 Å². The Bertz CT molecular complexity index is 207. The molecule has 1 rings (SSSR count). The molecule has 0 unspecified atom stereocenters. The van der Waals surface area contributed by atoms with Crippen molar-refractivity contribution in [1.82, 2.24) is 0 Å². The minimum atomic E-state index is -0.231. The van der Waals surface area contributed by atoms with Gasteiger partial charge in [0.1, 0.15) is 0 Å². The SMILES string of the molecule is C[C@H](O)Cc1cc(Br)cs1. The van der Waals surface area contributed by atoms with Crippen LogP contribution >= 0.6 is 27.3 Å². The molecule has 10 heavy (non-hydrogen) atoms. The predicted octanol–water partition coefficient (Wildman–Crippen LogP) is 2.43. The van der Waals surface area contributed by atoms with E-state index in [9.17, 15) is 0 Å². The van der Waals surface area contributed by atoms with Gasteiger partial charge in [-0.25, -0.2) is 0 Å². The molecule has 0 spiro atoms. The molecule has 0 fully saturated rings. The number of aliphatic hydroxyl groups excluding tert-OH is 1. The number of hydrogen-bond acceptors (Lipinski definition) is 2. The second-order valence-electron chi connectivity index (χ2n) is 2.28. The molecule has 0 saturated heterocycles. The lowest BCUT2D eigenvalue weighted by molar-refractivity contribution is 0.196. The fourth-order valence-corrected chi connectivity index (χ4v) is 2.32. The van der Waals surface area contributed by atoms with Crippen molar-refractivity contribution in [3.8, 4) is 0 Å². The highest BCUT2D eigenvalue weighted by atomic mass is 79.9. The lowest BCUT2D eigenvalue weighted by atomic mass is 10.2. The standard InChI is InChI=1S/C7H9BrOS/c1-5(9)2-7-3-6(8)4-10-7/h3-5,9H,2H2,1H3/t5-/m0/s1. The Morgan fingerprint density at radius 2 is 2.50 bits per heavy atom. The third kappa shape index (κ3) is 2.40. The minimum Gasteiger partial charge on any atom is -0.393 e. The van der Waals surface area contributed by atoms with Gasteiger partial charge in [-0.2, -0.15) is 0 Å². The Balaban J connectivity index is 2.58. The van der Waals surface area contributed by atoms with Gasteiger partial charge in [0, 0.05) is 21.2 Å². The van der Waals surface area contributed by atoms with Gasteiger partial charge in [0.2, 0.25) is 0 Å². The highest BCUT2D eigenvalue weighted by molar-refractivity contribution is 9.10. The van der Waals surface area contributed by atoms with Crippen LogP contribution in [0.5, 0.6) is 0 Å². The van der Waals surface area contributed by atoms with Crippen molar-refractivity contribution in [2.45, 2.75) is 19.4 Å². The summed E-state index contributed by atoms with van der Waals surface area (Å²) in [6, 6.07) is 2.04. The highest BCUT2D eigenvalue weighted by Crippen LogP contribution is 2.20. The maximum Gasteiger partial charge on any atom is 0.0560 e. The molecule has 0 saturated carbocycles. The van der Waals surface area contributed by atoms with Crippen molar-refractivity contribution in [1.29, 1.82) is 0 Å². The fraction of sp³-hybridized carbons (Fsp3) is 0.429. The zero-order valence-electron chi connectivity index (χ0n) is 5.67. The van der Waals surface area contributed by atoms with Gasteiger partial charge in [-0.05, 0) is 28.9 Å². The van der Waals surface area contributed by atoms with Crippen LogP contribution in [0.1, 0.15) is 11.8 Å². The fourth-order valence-electron chi connectivity index (χ4n) is 0.752. The van der Waals surface area contributed by atoms with E-state index in [2.05, 4.69) is 15.9 Å². The number of thiophene rings is 1. The normalized spacial score (nSPS) is 13.5. The van der Waals surface area contributed by atoms with E-state index in [-0.39, 0.29) is 6.10 Å². The van der Waals surface area contributed by atoms with E-state index < -0.39 is 0 Å². The van der Waals surface area contributed by atoms with Crippen LogP contribution in [0.15, 0.2) is 15.9 Å². The lowest BCUT2D eigenvalue weighted by Gasteiger charge is -1.98. The van der Waals surface area contributed by atoms with Gasteiger partial charge in [0.15, 0.2) is 0 Å². The predicted molar refractivity (Wildman–Crippen MR) is 47.4 cm³/mol. The largest absolute Gasteiger partial charge is 0.393 e. The molecular formula is C7H9BrOS. The average molecular weight is 221 g/mol. The van der Waals surface area contributed by atoms with Gasteiger partial charge in [-0.1, -0.05) is 0 Å². The Morgan fingerprint density at radius 3 is 2.90 bits per heavy atom. The van der Waals surface area contributed by atoms with E-state index in [0.29, 0.717) is 0 Å². The van der Waals surface area contributed by atoms with Gasteiger partial charge in [0.05, 0.1) is 6.10 Å². The molecule has 0 radical (unpaired) electrons. The summed E-state index contributed by atoms with van der Waals surface area (Å²) in [6.07, 6.45) is 0.529. The first-order valence-electron chi connectivity index (χ1n) is 3.09. The van der Waals surface area contributed by atoms with Crippen molar-refractivity contribution in [3.63, 3.8) is 0 Å². The van der Waals surface area contributed by atoms with E-state index in [4.69, 9.17) is 5.11 Å². The first-order chi connectivity index (χ1) is 4.68. The molecule has 1 N–H and O–H groups in total. The molecule has 0 amide bonds. The maximum absolute atomic E-state index is 9.01. The average Bonchev–Trinajstić information content (AvgIpc) is 2.13. The second-order valence-corrected chi connectivity index (χ2v) is 4.20. The third-order valence-corrected chi connectivity index (χ3v) is 2.84. The Kier molecular flexibility index (Phi) is 2.89. The number of halogens is 1. The van der Waals surface area contributed by atoms with Crippen molar-refractivity contribution < 1.29 is 5.11 Å². The Labute approximate surface area is 72.8 Å². The van der Waals surface area contributed by atoms with Crippen LogP contribution in [-0.4, -0.2) is 11.2 Å². The van der Waals surface area contributed by atoms with Crippen molar-refractivity contribution in [2.75, 3.05) is 0 Å². The molecule has 0 aliphatic heterocycles. The van der Waals surface area contributed by atoms with Crippen molar-refractivity contribution in [2.24, 2.45) is 0 Å². The highest BCUT2D eigenvalue weighted by Gasteiger charge is 2.00. The van der Waals surface area contributed by atoms with Gasteiger partial charge in [-0.3, -0.25) is 0 Å². The third-order valence-electron chi connectivity index (χ3n) is 1.12. The Hall–Kier alpha value is 0.140. The first kappa shape index (κ1) is 8.24. The summed E-state index contributed by atoms with van der Waals surface area (Å²) in [5.41, 5.74) is 0. The second kappa shape index (κ2) is 3.51. The monoisotopic (exact) mass is 220 g/mol. The summed E-state index contributed by atoms with van der Waals surface area (Å²) < 4.78 is 1.10. The lowest BCUT2D eigenvalue weighted by Crippen LogP contribution is -2.01. The maximum atomic E-state index is 9.01. The van der Waals surface area contributed by atoms with E-state index >= 15 is 0 Å². The van der Waals surface area contributed by atoms with E-state index in [1.54, 1.807) is 18.3 Å². The number of aliphatic hydroxyl groups is 1. The van der Waals surface area contributed by atoms with Crippen LogP contribution in [0.3, 0.4) is 0 Å². The van der Waals surface area contributed by atoms with Crippen LogP contribution < -0.4 is 0 Å². The molecule has 1 aromatic rings. The molecule has 0 aliphatic rings. The van der Waals surface area contributed by atoms with E-state index in [1.165, 1.54) is 4.88 Å². The molecule has 1 atom stereocenters. The van der Waals surface area contributed by atoms with Crippen LogP contribution in [0.2, 0.25) is 0 Å². The molecule has 1 aromatic heterocycles. The summed E-state index contributed by atoms with van der Waals surface area (Å²) in [5, 5.41) is 11.0. The van der Waals surface area contributed by atoms with Crippen LogP contribution in [0.4, 0.5) is 0 Å². The van der Waals surface area contributed by atoms with Gasteiger partial charge in [-0.15, -0.1) is 11.3 Å². The molecule has 0 bridgehead atoms. The summed E-state index contributed by atoms with van der Waals surface area (Å²) in [5.74, 6) is 0. The molecule has 56 valence electrons. The summed E-state index contributed by atoms with van der Waals surface area (Å²) in [6.45, 7) is 1.80. The smallest absolute Gasteiger partial charge is 0.0560 e. The zero-order valence-corrected chi connectivity index (χ0v) is 8.08. The van der Waals surface area contributed by atoms with Crippen molar-refractivity contribution >= 4 is 27.3 Å². The Morgan fingerprint density at radius 1 is 1.80 bits per heavy atom. The van der Waals surface area contributed by atoms with Crippen molar-refractivity contribution in [3.05, 3.63) is 20.8 Å². The summed E-state index contributed by atoms with van der Waals surface area (Å²) >= 11 is 5.02. The van der Waals surface area contributed by atoms with E-state index in [0.717, 1.165) is 10.9 Å². The topological polar surface area (TPSA) is 20.2 Å². The molecule has 3 heteroatoms. The van der Waals surface area contributed by atoms with Crippen LogP contribution in [-0.2, 0) is 6.42 Å². The van der Waals surface area contributed by atoms with E-state index in [1.807, 2.05) is 11.4 Å². The number of hydrogen-bond donors (Lipinski definition) is 1. The molecule has 1 nitrogen and oxygen atoms in total. The summed E-state index contributed by atoms with van der Waals surface area (Å²) in [7, 11) is 0.